The third kappa shape index (κ3) is 5.19. The van der Waals surface area contributed by atoms with Crippen LogP contribution in [0.25, 0.3) is 11.3 Å². The number of hydrogen-bond donors (Lipinski definition) is 1. The van der Waals surface area contributed by atoms with Crippen LogP contribution in [-0.4, -0.2) is 49.3 Å². The van der Waals surface area contributed by atoms with Gasteiger partial charge in [0.15, 0.2) is 5.13 Å². The molecule has 0 bridgehead atoms. The molecule has 1 unspecified atom stereocenters. The standard InChI is InChI=1S/C24H25N3O5S2/c1-2-32-23(29)21-20(17-10-5-3-6-11-17)25-24(33-21)26-22(28)18-12-9-15-27(16-18)34(30,31)19-13-7-4-8-14-19/h3-8,10-11,13-14,18H,2,9,12,15-16H2,1H3,(H,25,26,28). The van der Waals surface area contributed by atoms with Gasteiger partial charge in [0.2, 0.25) is 15.9 Å². The van der Waals surface area contributed by atoms with E-state index in [1.165, 1.54) is 4.31 Å². The van der Waals surface area contributed by atoms with E-state index >= 15 is 0 Å². The van der Waals surface area contributed by atoms with E-state index in [4.69, 9.17) is 4.74 Å². The van der Waals surface area contributed by atoms with Gasteiger partial charge in [0.1, 0.15) is 4.88 Å². The first-order chi connectivity index (χ1) is 16.4. The predicted octanol–water partition coefficient (Wildman–Crippen LogP) is 4.03. The van der Waals surface area contributed by atoms with Crippen LogP contribution in [-0.2, 0) is 19.6 Å². The Kier molecular flexibility index (Phi) is 7.40. The van der Waals surface area contributed by atoms with Gasteiger partial charge in [0.25, 0.3) is 0 Å². The summed E-state index contributed by atoms with van der Waals surface area (Å²) in [5.41, 5.74) is 1.18. The molecule has 0 saturated carbocycles. The van der Waals surface area contributed by atoms with Crippen molar-refractivity contribution >= 4 is 38.4 Å². The number of rotatable bonds is 7. The molecule has 0 aliphatic carbocycles. The van der Waals surface area contributed by atoms with Gasteiger partial charge < -0.3 is 10.1 Å². The maximum absolute atomic E-state index is 13.0. The molecule has 3 aromatic rings. The lowest BCUT2D eigenvalue weighted by molar-refractivity contribution is -0.120. The first-order valence-corrected chi connectivity index (χ1v) is 13.2. The molecular formula is C24H25N3O5S2. The number of carbonyl (C=O) groups excluding carboxylic acids is 2. The Labute approximate surface area is 202 Å². The van der Waals surface area contributed by atoms with Gasteiger partial charge in [-0.05, 0) is 31.9 Å². The minimum absolute atomic E-state index is 0.0880. The molecule has 1 N–H and O–H groups in total. The Bertz CT molecular complexity index is 1260. The second kappa shape index (κ2) is 10.5. The Morgan fingerprint density at radius 3 is 2.47 bits per heavy atom. The molecule has 1 atom stereocenters. The monoisotopic (exact) mass is 499 g/mol. The number of piperidine rings is 1. The highest BCUT2D eigenvalue weighted by molar-refractivity contribution is 7.89. The van der Waals surface area contributed by atoms with Crippen molar-refractivity contribution in [3.05, 3.63) is 65.5 Å². The van der Waals surface area contributed by atoms with Gasteiger partial charge >= 0.3 is 5.97 Å². The molecule has 1 aromatic heterocycles. The molecule has 178 valence electrons. The van der Waals surface area contributed by atoms with Crippen molar-refractivity contribution in [1.82, 2.24) is 9.29 Å². The van der Waals surface area contributed by atoms with E-state index in [2.05, 4.69) is 10.3 Å². The van der Waals surface area contributed by atoms with Crippen molar-refractivity contribution in [2.75, 3.05) is 25.0 Å². The predicted molar refractivity (Wildman–Crippen MR) is 130 cm³/mol. The highest BCUT2D eigenvalue weighted by Crippen LogP contribution is 2.33. The number of hydrogen-bond acceptors (Lipinski definition) is 7. The molecule has 1 aliphatic heterocycles. The van der Waals surface area contributed by atoms with Crippen molar-refractivity contribution < 1.29 is 22.7 Å². The summed E-state index contributed by atoms with van der Waals surface area (Å²) < 4.78 is 32.5. The number of carbonyl (C=O) groups is 2. The van der Waals surface area contributed by atoms with E-state index < -0.39 is 21.9 Å². The average Bonchev–Trinajstić information content (AvgIpc) is 3.29. The van der Waals surface area contributed by atoms with Gasteiger partial charge in [-0.1, -0.05) is 59.9 Å². The highest BCUT2D eigenvalue weighted by atomic mass is 32.2. The number of nitrogens with zero attached hydrogens (tertiary/aromatic N) is 2. The summed E-state index contributed by atoms with van der Waals surface area (Å²) in [6.45, 7) is 2.40. The fraction of sp³-hybridized carbons (Fsp3) is 0.292. The number of aromatic nitrogens is 1. The maximum Gasteiger partial charge on any atom is 0.350 e. The Hall–Kier alpha value is -3.08. The molecule has 1 saturated heterocycles. The lowest BCUT2D eigenvalue weighted by Crippen LogP contribution is -2.43. The van der Waals surface area contributed by atoms with E-state index in [0.717, 1.165) is 16.9 Å². The quantitative estimate of drug-likeness (QED) is 0.492. The van der Waals surface area contributed by atoms with Crippen LogP contribution in [0.15, 0.2) is 65.6 Å². The lowest BCUT2D eigenvalue weighted by atomic mass is 9.99. The van der Waals surface area contributed by atoms with Crippen molar-refractivity contribution in [3.63, 3.8) is 0 Å². The summed E-state index contributed by atoms with van der Waals surface area (Å²) >= 11 is 1.05. The van der Waals surface area contributed by atoms with Crippen LogP contribution >= 0.6 is 11.3 Å². The number of thiazole rings is 1. The Morgan fingerprint density at radius 1 is 1.12 bits per heavy atom. The second-order valence-corrected chi connectivity index (χ2v) is 10.7. The van der Waals surface area contributed by atoms with Gasteiger partial charge in [-0.15, -0.1) is 0 Å². The topological polar surface area (TPSA) is 106 Å². The normalized spacial score (nSPS) is 16.7. The number of ether oxygens (including phenoxy) is 1. The zero-order valence-corrected chi connectivity index (χ0v) is 20.3. The third-order valence-electron chi connectivity index (χ3n) is 5.50. The number of nitrogens with one attached hydrogen (secondary N) is 1. The SMILES string of the molecule is CCOC(=O)c1sc(NC(=O)C2CCCN(S(=O)(=O)c3ccccc3)C2)nc1-c1ccccc1. The van der Waals surface area contributed by atoms with Crippen LogP contribution in [0, 0.1) is 5.92 Å². The molecule has 1 amide bonds. The van der Waals surface area contributed by atoms with Crippen LogP contribution in [0.1, 0.15) is 29.4 Å². The van der Waals surface area contributed by atoms with Crippen LogP contribution in [0.4, 0.5) is 5.13 Å². The summed E-state index contributed by atoms with van der Waals surface area (Å²) in [6, 6.07) is 17.4. The van der Waals surface area contributed by atoms with E-state index in [-0.39, 0.29) is 29.1 Å². The zero-order valence-electron chi connectivity index (χ0n) is 18.6. The van der Waals surface area contributed by atoms with Gasteiger partial charge in [0, 0.05) is 18.7 Å². The van der Waals surface area contributed by atoms with Crippen molar-refractivity contribution in [2.24, 2.45) is 5.92 Å². The summed E-state index contributed by atoms with van der Waals surface area (Å²) in [5, 5.41) is 3.06. The maximum atomic E-state index is 13.0. The molecular weight excluding hydrogens is 474 g/mol. The van der Waals surface area contributed by atoms with Gasteiger partial charge in [-0.25, -0.2) is 18.2 Å². The number of amides is 1. The fourth-order valence-electron chi connectivity index (χ4n) is 3.82. The zero-order chi connectivity index (χ0) is 24.1. The van der Waals surface area contributed by atoms with Gasteiger partial charge in [0.05, 0.1) is 23.1 Å². The molecule has 0 spiro atoms. The third-order valence-corrected chi connectivity index (χ3v) is 8.33. The summed E-state index contributed by atoms with van der Waals surface area (Å²) in [4.78, 5) is 30.5. The fourth-order valence-corrected chi connectivity index (χ4v) is 6.25. The summed E-state index contributed by atoms with van der Waals surface area (Å²) in [5.74, 6) is -1.35. The Balaban J connectivity index is 1.53. The van der Waals surface area contributed by atoms with Crippen LogP contribution in [0.2, 0.25) is 0 Å². The van der Waals surface area contributed by atoms with Crippen LogP contribution < -0.4 is 5.32 Å². The molecule has 4 rings (SSSR count). The number of benzene rings is 2. The van der Waals surface area contributed by atoms with Crippen molar-refractivity contribution in [1.29, 1.82) is 0 Å². The molecule has 1 fully saturated rings. The van der Waals surface area contributed by atoms with E-state index in [1.807, 2.05) is 30.3 Å². The molecule has 1 aliphatic rings. The number of esters is 1. The van der Waals surface area contributed by atoms with E-state index in [9.17, 15) is 18.0 Å². The molecule has 34 heavy (non-hydrogen) atoms. The van der Waals surface area contributed by atoms with Gasteiger partial charge in [-0.3, -0.25) is 4.79 Å². The Morgan fingerprint density at radius 2 is 1.79 bits per heavy atom. The smallest absolute Gasteiger partial charge is 0.350 e. The minimum atomic E-state index is -3.68. The first kappa shape index (κ1) is 24.1. The molecule has 10 heteroatoms. The first-order valence-electron chi connectivity index (χ1n) is 11.0. The van der Waals surface area contributed by atoms with Crippen LogP contribution in [0.3, 0.4) is 0 Å². The molecule has 2 aromatic carbocycles. The number of anilines is 1. The van der Waals surface area contributed by atoms with Crippen molar-refractivity contribution in [2.45, 2.75) is 24.7 Å². The van der Waals surface area contributed by atoms with E-state index in [1.54, 1.807) is 37.3 Å². The number of sulfonamides is 1. The van der Waals surface area contributed by atoms with E-state index in [0.29, 0.717) is 30.0 Å². The van der Waals surface area contributed by atoms with Gasteiger partial charge in [-0.2, -0.15) is 4.31 Å². The van der Waals surface area contributed by atoms with Crippen LogP contribution in [0.5, 0.6) is 0 Å². The largest absolute Gasteiger partial charge is 0.462 e. The molecule has 2 heterocycles. The highest BCUT2D eigenvalue weighted by Gasteiger charge is 2.34. The molecule has 8 nitrogen and oxygen atoms in total. The lowest BCUT2D eigenvalue weighted by Gasteiger charge is -2.31. The second-order valence-electron chi connectivity index (χ2n) is 7.79. The minimum Gasteiger partial charge on any atom is -0.462 e. The summed E-state index contributed by atoms with van der Waals surface area (Å²) in [7, 11) is -3.68. The molecule has 0 radical (unpaired) electrons. The van der Waals surface area contributed by atoms with Crippen molar-refractivity contribution in [3.8, 4) is 11.3 Å². The summed E-state index contributed by atoms with van der Waals surface area (Å²) in [6.07, 6.45) is 1.14. The average molecular weight is 500 g/mol.